The van der Waals surface area contributed by atoms with Gasteiger partial charge in [-0.05, 0) is 71.5 Å². The summed E-state index contributed by atoms with van der Waals surface area (Å²) >= 11 is 0. The standard InChI is InChI=1S/C28H26N3O5/c1-31(2)26(33)18-5-3-17(4-6-18)22-15-21(9-7-19(22)13-25(29)32)30-27(34)28(11-12-28)20-8-10-23-24(14-20)36-16-35-23/h3-10,14-15,29H,11-13,16H2,1-2H3,(H,30,34). The zero-order valence-electron chi connectivity index (χ0n) is 20.1. The van der Waals surface area contributed by atoms with Crippen LogP contribution in [-0.4, -0.2) is 43.5 Å². The molecule has 36 heavy (non-hydrogen) atoms. The van der Waals surface area contributed by atoms with Gasteiger partial charge in [-0.1, -0.05) is 24.3 Å². The number of ether oxygens (including phenoxy) is 2. The van der Waals surface area contributed by atoms with E-state index in [1.54, 1.807) is 38.4 Å². The molecule has 5 rings (SSSR count). The molecule has 3 aromatic carbocycles. The van der Waals surface area contributed by atoms with Gasteiger partial charge in [-0.3, -0.25) is 20.1 Å². The summed E-state index contributed by atoms with van der Waals surface area (Å²) in [5.41, 5.74) is 11.0. The predicted octanol–water partition coefficient (Wildman–Crippen LogP) is 3.81. The number of benzene rings is 3. The molecule has 2 N–H and O–H groups in total. The van der Waals surface area contributed by atoms with Crippen LogP contribution in [0.2, 0.25) is 0 Å². The van der Waals surface area contributed by atoms with Crippen molar-refractivity contribution in [3.05, 3.63) is 77.4 Å². The molecule has 183 valence electrons. The number of fused-ring (bicyclic) bond motifs is 1. The largest absolute Gasteiger partial charge is 0.454 e. The number of rotatable bonds is 7. The summed E-state index contributed by atoms with van der Waals surface area (Å²) in [5, 5.41) is 3.04. The molecular formula is C28H26N3O5. The highest BCUT2D eigenvalue weighted by Crippen LogP contribution is 2.51. The molecule has 8 heteroatoms. The van der Waals surface area contributed by atoms with Crippen LogP contribution in [0.4, 0.5) is 5.69 Å². The highest BCUT2D eigenvalue weighted by atomic mass is 16.7. The number of anilines is 1. The fraction of sp³-hybridized carbons (Fsp3) is 0.250. The van der Waals surface area contributed by atoms with Crippen LogP contribution in [0.15, 0.2) is 60.7 Å². The van der Waals surface area contributed by atoms with Gasteiger partial charge in [0.1, 0.15) is 0 Å². The summed E-state index contributed by atoms with van der Waals surface area (Å²) in [6.07, 6.45) is 1.42. The minimum Gasteiger partial charge on any atom is -0.454 e. The van der Waals surface area contributed by atoms with Gasteiger partial charge in [-0.15, -0.1) is 0 Å². The lowest BCUT2D eigenvalue weighted by Gasteiger charge is -2.18. The molecule has 0 aromatic heterocycles. The smallest absolute Gasteiger partial charge is 0.253 e. The Morgan fingerprint density at radius 1 is 0.944 bits per heavy atom. The Morgan fingerprint density at radius 3 is 2.33 bits per heavy atom. The fourth-order valence-electron chi connectivity index (χ4n) is 4.52. The van der Waals surface area contributed by atoms with Crippen LogP contribution >= 0.6 is 0 Å². The van der Waals surface area contributed by atoms with Crippen molar-refractivity contribution in [2.75, 3.05) is 26.2 Å². The second-order valence-electron chi connectivity index (χ2n) is 9.35. The second-order valence-corrected chi connectivity index (χ2v) is 9.35. The van der Waals surface area contributed by atoms with Gasteiger partial charge in [0, 0.05) is 25.3 Å². The van der Waals surface area contributed by atoms with Gasteiger partial charge < -0.3 is 19.7 Å². The molecule has 0 spiro atoms. The SMILES string of the molecule is CN(C)C(=O)c1ccc(-c2cc(NC(=O)C3(c4ccc5c(c4)OCO5)CC3)ccc2CC([NH])=O)cc1. The van der Waals surface area contributed by atoms with E-state index in [-0.39, 0.29) is 25.0 Å². The van der Waals surface area contributed by atoms with Crippen LogP contribution < -0.4 is 20.5 Å². The summed E-state index contributed by atoms with van der Waals surface area (Å²) < 4.78 is 10.9. The average molecular weight is 485 g/mol. The highest BCUT2D eigenvalue weighted by Gasteiger charge is 2.51. The minimum absolute atomic E-state index is 0.0525. The molecule has 1 aliphatic heterocycles. The lowest BCUT2D eigenvalue weighted by molar-refractivity contribution is -0.119. The van der Waals surface area contributed by atoms with Crippen LogP contribution in [0.5, 0.6) is 11.5 Å². The number of nitrogens with zero attached hydrogens (tertiary/aromatic N) is 1. The molecule has 0 saturated heterocycles. The first-order valence-electron chi connectivity index (χ1n) is 11.7. The lowest BCUT2D eigenvalue weighted by Crippen LogP contribution is -2.27. The molecular weight excluding hydrogens is 458 g/mol. The van der Waals surface area contributed by atoms with Crippen molar-refractivity contribution in [2.24, 2.45) is 0 Å². The molecule has 1 aliphatic carbocycles. The number of carbonyl (C=O) groups is 3. The van der Waals surface area contributed by atoms with Crippen LogP contribution in [0.3, 0.4) is 0 Å². The summed E-state index contributed by atoms with van der Waals surface area (Å²) in [7, 11) is 3.38. The summed E-state index contributed by atoms with van der Waals surface area (Å²) in [6, 6.07) is 18.0. The number of hydrogen-bond acceptors (Lipinski definition) is 5. The van der Waals surface area contributed by atoms with Crippen molar-refractivity contribution in [3.63, 3.8) is 0 Å². The third-order valence-electron chi connectivity index (χ3n) is 6.68. The van der Waals surface area contributed by atoms with Crippen molar-refractivity contribution >= 4 is 23.4 Å². The third kappa shape index (κ3) is 4.37. The predicted molar refractivity (Wildman–Crippen MR) is 134 cm³/mol. The average Bonchev–Trinajstić information content (AvgIpc) is 3.55. The van der Waals surface area contributed by atoms with E-state index in [4.69, 9.17) is 15.2 Å². The summed E-state index contributed by atoms with van der Waals surface area (Å²) in [6.45, 7) is 0.179. The Bertz CT molecular complexity index is 1360. The van der Waals surface area contributed by atoms with Crippen LogP contribution in [0.25, 0.3) is 11.1 Å². The molecule has 0 unspecified atom stereocenters. The zero-order chi connectivity index (χ0) is 25.4. The van der Waals surface area contributed by atoms with Gasteiger partial charge in [-0.2, -0.15) is 0 Å². The molecule has 3 aromatic rings. The van der Waals surface area contributed by atoms with Crippen molar-refractivity contribution in [1.29, 1.82) is 0 Å². The first kappa shape index (κ1) is 23.4. The van der Waals surface area contributed by atoms with E-state index in [2.05, 4.69) is 5.32 Å². The molecule has 1 fully saturated rings. The van der Waals surface area contributed by atoms with E-state index in [9.17, 15) is 14.4 Å². The molecule has 8 nitrogen and oxygen atoms in total. The van der Waals surface area contributed by atoms with Crippen LogP contribution in [0.1, 0.15) is 34.3 Å². The topological polar surface area (TPSA) is 109 Å². The summed E-state index contributed by atoms with van der Waals surface area (Å²) in [5.74, 6) is 0.407. The summed E-state index contributed by atoms with van der Waals surface area (Å²) in [4.78, 5) is 38.7. The molecule has 1 radical (unpaired) electrons. The minimum atomic E-state index is -0.702. The van der Waals surface area contributed by atoms with Gasteiger partial charge >= 0.3 is 0 Å². The van der Waals surface area contributed by atoms with Crippen LogP contribution in [0, 0.1) is 0 Å². The van der Waals surface area contributed by atoms with E-state index in [0.717, 1.165) is 29.5 Å². The van der Waals surface area contributed by atoms with E-state index >= 15 is 0 Å². The molecule has 1 heterocycles. The van der Waals surface area contributed by atoms with E-state index in [1.165, 1.54) is 4.90 Å². The first-order chi connectivity index (χ1) is 17.3. The Morgan fingerprint density at radius 2 is 1.67 bits per heavy atom. The second kappa shape index (κ2) is 9.03. The van der Waals surface area contributed by atoms with Gasteiger partial charge in [0.25, 0.3) is 5.91 Å². The van der Waals surface area contributed by atoms with Gasteiger partial charge in [0.15, 0.2) is 11.5 Å². The maximum absolute atomic E-state index is 13.4. The number of amides is 3. The van der Waals surface area contributed by atoms with Crippen LogP contribution in [-0.2, 0) is 21.4 Å². The Labute approximate surface area is 209 Å². The van der Waals surface area contributed by atoms with Gasteiger partial charge in [0.05, 0.1) is 11.8 Å². The number of hydrogen-bond donors (Lipinski definition) is 1. The number of carbonyl (C=O) groups excluding carboxylic acids is 3. The van der Waals surface area contributed by atoms with Crippen molar-refractivity contribution in [2.45, 2.75) is 24.7 Å². The van der Waals surface area contributed by atoms with Gasteiger partial charge in [0.2, 0.25) is 18.6 Å². The zero-order valence-corrected chi connectivity index (χ0v) is 20.1. The lowest BCUT2D eigenvalue weighted by atomic mass is 9.93. The molecule has 0 bridgehead atoms. The maximum Gasteiger partial charge on any atom is 0.253 e. The Hall–Kier alpha value is -4.33. The maximum atomic E-state index is 13.4. The van der Waals surface area contributed by atoms with E-state index in [1.807, 2.05) is 36.4 Å². The molecule has 1 saturated carbocycles. The van der Waals surface area contributed by atoms with Crippen molar-refractivity contribution in [1.82, 2.24) is 10.6 Å². The Balaban J connectivity index is 1.42. The van der Waals surface area contributed by atoms with E-state index < -0.39 is 11.3 Å². The molecule has 3 amide bonds. The van der Waals surface area contributed by atoms with Crippen molar-refractivity contribution < 1.29 is 23.9 Å². The molecule has 0 atom stereocenters. The first-order valence-corrected chi connectivity index (χ1v) is 11.7. The fourth-order valence-corrected chi connectivity index (χ4v) is 4.52. The van der Waals surface area contributed by atoms with Crippen molar-refractivity contribution in [3.8, 4) is 22.6 Å². The third-order valence-corrected chi connectivity index (χ3v) is 6.68. The Kier molecular flexibility index (Phi) is 5.88. The highest BCUT2D eigenvalue weighted by molar-refractivity contribution is 6.02. The van der Waals surface area contributed by atoms with Gasteiger partial charge in [-0.25, -0.2) is 0 Å². The van der Waals surface area contributed by atoms with E-state index in [0.29, 0.717) is 28.3 Å². The quantitative estimate of drug-likeness (QED) is 0.549. The normalized spacial score (nSPS) is 14.7. The monoisotopic (exact) mass is 484 g/mol. The molecule has 2 aliphatic rings. The number of nitrogens with one attached hydrogen (secondary N) is 2.